The maximum Gasteiger partial charge on any atom is 0.271 e. The molecule has 2 aromatic carbocycles. The van der Waals surface area contributed by atoms with Crippen molar-refractivity contribution in [1.82, 2.24) is 10.3 Å². The Balaban J connectivity index is 1.47. The third-order valence-corrected chi connectivity index (χ3v) is 4.66. The van der Waals surface area contributed by atoms with Crippen LogP contribution in [0, 0.1) is 0 Å². The molecule has 2 amide bonds. The second-order valence-corrected chi connectivity index (χ2v) is 6.73. The normalized spacial score (nSPS) is 13.9. The van der Waals surface area contributed by atoms with Crippen LogP contribution >= 0.6 is 0 Å². The van der Waals surface area contributed by atoms with E-state index >= 15 is 0 Å². The maximum absolute atomic E-state index is 12.1. The highest BCUT2D eigenvalue weighted by Gasteiger charge is 2.16. The zero-order valence-electron chi connectivity index (χ0n) is 16.5. The molecule has 7 heteroatoms. The third kappa shape index (κ3) is 6.07. The van der Waals surface area contributed by atoms with Crippen LogP contribution in [0.25, 0.3) is 0 Å². The average molecular weight is 395 g/mol. The second-order valence-electron chi connectivity index (χ2n) is 6.73. The summed E-state index contributed by atoms with van der Waals surface area (Å²) in [6.07, 6.45) is 4.86. The molecule has 0 atom stereocenters. The van der Waals surface area contributed by atoms with Gasteiger partial charge in [0.2, 0.25) is 0 Å². The van der Waals surface area contributed by atoms with Crippen LogP contribution in [0.1, 0.15) is 35.2 Å². The Morgan fingerprint density at radius 1 is 1.07 bits per heavy atom. The molecule has 3 rings (SSSR count). The molecule has 0 bridgehead atoms. The van der Waals surface area contributed by atoms with Crippen LogP contribution in [0.3, 0.4) is 0 Å². The highest BCUT2D eigenvalue weighted by Crippen LogP contribution is 2.14. The molecule has 1 aliphatic heterocycles. The van der Waals surface area contributed by atoms with Crippen LogP contribution in [0.2, 0.25) is 0 Å². The first-order valence-electron chi connectivity index (χ1n) is 9.64. The van der Waals surface area contributed by atoms with Gasteiger partial charge in [0.25, 0.3) is 11.8 Å². The summed E-state index contributed by atoms with van der Waals surface area (Å²) >= 11 is 0. The molecule has 152 valence electrons. The zero-order chi connectivity index (χ0) is 20.5. The summed E-state index contributed by atoms with van der Waals surface area (Å²) in [5.74, 6) is 0.927. The predicted octanol–water partition coefficient (Wildman–Crippen LogP) is 2.85. The molecule has 0 aliphatic carbocycles. The van der Waals surface area contributed by atoms with Gasteiger partial charge in [-0.05, 0) is 67.3 Å². The van der Waals surface area contributed by atoms with Crippen LogP contribution in [0.15, 0.2) is 53.6 Å². The molecule has 1 fully saturated rings. The monoisotopic (exact) mass is 395 g/mol. The minimum Gasteiger partial charge on any atom is -0.497 e. The van der Waals surface area contributed by atoms with Crippen LogP contribution < -0.4 is 14.9 Å². The molecule has 1 N–H and O–H groups in total. The van der Waals surface area contributed by atoms with Gasteiger partial charge >= 0.3 is 0 Å². The summed E-state index contributed by atoms with van der Waals surface area (Å²) in [5, 5.41) is 3.97. The minimum atomic E-state index is -0.323. The molecule has 1 heterocycles. The predicted molar refractivity (Wildman–Crippen MR) is 110 cm³/mol. The minimum absolute atomic E-state index is 0.0237. The van der Waals surface area contributed by atoms with Gasteiger partial charge < -0.3 is 14.4 Å². The van der Waals surface area contributed by atoms with Crippen molar-refractivity contribution in [3.05, 3.63) is 59.7 Å². The summed E-state index contributed by atoms with van der Waals surface area (Å²) in [6.45, 7) is 1.68. The Morgan fingerprint density at radius 2 is 1.83 bits per heavy atom. The molecule has 2 aromatic rings. The highest BCUT2D eigenvalue weighted by atomic mass is 16.5. The van der Waals surface area contributed by atoms with Crippen LogP contribution in [-0.2, 0) is 4.79 Å². The van der Waals surface area contributed by atoms with Crippen molar-refractivity contribution < 1.29 is 19.1 Å². The SMILES string of the molecule is COc1cccc(C(=O)N/N=C\c2ccc(OCC(=O)N3CCCCC3)cc2)c1. The number of nitrogens with one attached hydrogen (secondary N) is 1. The number of nitrogens with zero attached hydrogens (tertiary/aromatic N) is 2. The average Bonchev–Trinajstić information content (AvgIpc) is 2.79. The van der Waals surface area contributed by atoms with Gasteiger partial charge in [-0.3, -0.25) is 9.59 Å². The van der Waals surface area contributed by atoms with E-state index in [0.717, 1.165) is 31.5 Å². The first-order chi connectivity index (χ1) is 14.2. The van der Waals surface area contributed by atoms with Gasteiger partial charge in [0.1, 0.15) is 11.5 Å². The second kappa shape index (κ2) is 10.3. The van der Waals surface area contributed by atoms with E-state index in [-0.39, 0.29) is 18.4 Å². The van der Waals surface area contributed by atoms with Crippen molar-refractivity contribution in [3.8, 4) is 11.5 Å². The number of carbonyl (C=O) groups is 2. The molecule has 0 unspecified atom stereocenters. The number of hydrogen-bond donors (Lipinski definition) is 1. The fourth-order valence-corrected chi connectivity index (χ4v) is 3.02. The standard InChI is InChI=1S/C22H25N3O4/c1-28-20-7-5-6-18(14-20)22(27)24-23-15-17-8-10-19(11-9-17)29-16-21(26)25-12-3-2-4-13-25/h5-11,14-15H,2-4,12-13,16H2,1H3,(H,24,27)/b23-15-. The number of likely N-dealkylation sites (tertiary alicyclic amines) is 1. The van der Waals surface area contributed by atoms with Crippen molar-refractivity contribution in [1.29, 1.82) is 0 Å². The van der Waals surface area contributed by atoms with Crippen molar-refractivity contribution in [2.75, 3.05) is 26.8 Å². The molecular weight excluding hydrogens is 370 g/mol. The molecule has 1 aliphatic rings. The van der Waals surface area contributed by atoms with Crippen molar-refractivity contribution in [3.63, 3.8) is 0 Å². The third-order valence-electron chi connectivity index (χ3n) is 4.66. The van der Waals surface area contributed by atoms with Crippen molar-refractivity contribution in [2.45, 2.75) is 19.3 Å². The van der Waals surface area contributed by atoms with Gasteiger partial charge in [0, 0.05) is 18.7 Å². The van der Waals surface area contributed by atoms with Crippen molar-refractivity contribution in [2.24, 2.45) is 5.10 Å². The van der Waals surface area contributed by atoms with E-state index in [9.17, 15) is 9.59 Å². The number of amides is 2. The molecule has 0 aromatic heterocycles. The van der Waals surface area contributed by atoms with E-state index < -0.39 is 0 Å². The number of methoxy groups -OCH3 is 1. The van der Waals surface area contributed by atoms with Gasteiger partial charge in [-0.25, -0.2) is 5.43 Å². The molecule has 7 nitrogen and oxygen atoms in total. The number of hydrogen-bond acceptors (Lipinski definition) is 5. The Bertz CT molecular complexity index is 859. The van der Waals surface area contributed by atoms with Gasteiger partial charge in [-0.2, -0.15) is 5.10 Å². The van der Waals surface area contributed by atoms with Gasteiger partial charge in [-0.1, -0.05) is 6.07 Å². The molecular formula is C22H25N3O4. The fourth-order valence-electron chi connectivity index (χ4n) is 3.02. The molecule has 0 radical (unpaired) electrons. The smallest absolute Gasteiger partial charge is 0.271 e. The first kappa shape index (κ1) is 20.4. The lowest BCUT2D eigenvalue weighted by molar-refractivity contribution is -0.134. The van der Waals surface area contributed by atoms with Crippen LogP contribution in [0.5, 0.6) is 11.5 Å². The summed E-state index contributed by atoms with van der Waals surface area (Å²) in [4.78, 5) is 26.1. The Hall–Kier alpha value is -3.35. The van der Waals surface area contributed by atoms with Gasteiger partial charge in [0.05, 0.1) is 13.3 Å². The number of rotatable bonds is 7. The largest absolute Gasteiger partial charge is 0.497 e. The fraction of sp³-hybridized carbons (Fsp3) is 0.318. The Labute approximate surface area is 170 Å². The van der Waals surface area contributed by atoms with Crippen LogP contribution in [0.4, 0.5) is 0 Å². The van der Waals surface area contributed by atoms with E-state index in [2.05, 4.69) is 10.5 Å². The van der Waals surface area contributed by atoms with Gasteiger partial charge in [-0.15, -0.1) is 0 Å². The van der Waals surface area contributed by atoms with Crippen LogP contribution in [-0.4, -0.2) is 49.7 Å². The maximum atomic E-state index is 12.1. The Kier molecular flexibility index (Phi) is 7.22. The molecule has 0 spiro atoms. The Morgan fingerprint density at radius 3 is 2.55 bits per heavy atom. The summed E-state index contributed by atoms with van der Waals surface area (Å²) in [7, 11) is 1.55. The lowest BCUT2D eigenvalue weighted by atomic mass is 10.1. The molecule has 29 heavy (non-hydrogen) atoms. The van der Waals surface area contributed by atoms with E-state index in [1.54, 1.807) is 49.7 Å². The van der Waals surface area contributed by atoms with E-state index in [1.807, 2.05) is 17.0 Å². The number of carbonyl (C=O) groups excluding carboxylic acids is 2. The molecule has 1 saturated heterocycles. The lowest BCUT2D eigenvalue weighted by Gasteiger charge is -2.26. The number of hydrazone groups is 1. The summed E-state index contributed by atoms with van der Waals surface area (Å²) < 4.78 is 10.7. The first-order valence-corrected chi connectivity index (χ1v) is 9.64. The van der Waals surface area contributed by atoms with Crippen molar-refractivity contribution >= 4 is 18.0 Å². The number of ether oxygens (including phenoxy) is 2. The summed E-state index contributed by atoms with van der Waals surface area (Å²) in [5.41, 5.74) is 3.74. The van der Waals surface area contributed by atoms with E-state index in [1.165, 1.54) is 6.42 Å². The highest BCUT2D eigenvalue weighted by molar-refractivity contribution is 5.95. The molecule has 0 saturated carbocycles. The van der Waals surface area contributed by atoms with E-state index in [0.29, 0.717) is 17.1 Å². The van der Waals surface area contributed by atoms with E-state index in [4.69, 9.17) is 9.47 Å². The van der Waals surface area contributed by atoms with Gasteiger partial charge in [0.15, 0.2) is 6.61 Å². The number of benzene rings is 2. The zero-order valence-corrected chi connectivity index (χ0v) is 16.5. The number of piperidine rings is 1. The quantitative estimate of drug-likeness (QED) is 0.577. The topological polar surface area (TPSA) is 80.2 Å². The summed E-state index contributed by atoms with van der Waals surface area (Å²) in [6, 6.07) is 14.0. The lowest BCUT2D eigenvalue weighted by Crippen LogP contribution is -2.38.